The molecule has 1 atom stereocenters. The van der Waals surface area contributed by atoms with Crippen LogP contribution in [-0.4, -0.2) is 31.1 Å². The molecule has 24 heavy (non-hydrogen) atoms. The number of hydrogen-bond donors (Lipinski definition) is 1. The van der Waals surface area contributed by atoms with Crippen LogP contribution in [-0.2, 0) is 0 Å². The van der Waals surface area contributed by atoms with E-state index in [0.29, 0.717) is 6.04 Å². The van der Waals surface area contributed by atoms with Crippen molar-refractivity contribution >= 4 is 11.3 Å². The van der Waals surface area contributed by atoms with E-state index in [0.717, 1.165) is 26.2 Å². The molecule has 122 valence electrons. The Morgan fingerprint density at radius 1 is 0.833 bits per heavy atom. The van der Waals surface area contributed by atoms with E-state index in [-0.39, 0.29) is 0 Å². The summed E-state index contributed by atoms with van der Waals surface area (Å²) in [5.74, 6) is 0. The maximum Gasteiger partial charge on any atom is 0.0697 e. The Bertz CT molecular complexity index is 762. The van der Waals surface area contributed by atoms with Gasteiger partial charge in [-0.3, -0.25) is 4.90 Å². The van der Waals surface area contributed by atoms with E-state index in [1.54, 1.807) is 0 Å². The van der Waals surface area contributed by atoms with Gasteiger partial charge in [0.15, 0.2) is 0 Å². The summed E-state index contributed by atoms with van der Waals surface area (Å²) in [6, 6.07) is 24.5. The van der Waals surface area contributed by atoms with E-state index in [2.05, 4.69) is 82.3 Å². The molecule has 2 aromatic carbocycles. The highest BCUT2D eigenvalue weighted by Crippen LogP contribution is 2.34. The molecule has 1 aliphatic heterocycles. The average Bonchev–Trinajstić information content (AvgIpc) is 3.18. The number of nitrogens with zero attached hydrogens (tertiary/aromatic N) is 1. The van der Waals surface area contributed by atoms with E-state index in [4.69, 9.17) is 0 Å². The Morgan fingerprint density at radius 3 is 2.38 bits per heavy atom. The minimum atomic E-state index is 0.357. The lowest BCUT2D eigenvalue weighted by Crippen LogP contribution is -2.45. The Labute approximate surface area is 147 Å². The molecule has 2 heterocycles. The van der Waals surface area contributed by atoms with Gasteiger partial charge >= 0.3 is 0 Å². The van der Waals surface area contributed by atoms with Gasteiger partial charge in [-0.1, -0.05) is 54.6 Å². The van der Waals surface area contributed by atoms with Crippen LogP contribution in [0.5, 0.6) is 0 Å². The second kappa shape index (κ2) is 7.31. The van der Waals surface area contributed by atoms with Crippen LogP contribution < -0.4 is 5.32 Å². The predicted molar refractivity (Wildman–Crippen MR) is 102 cm³/mol. The van der Waals surface area contributed by atoms with Crippen molar-refractivity contribution in [2.45, 2.75) is 6.04 Å². The van der Waals surface area contributed by atoms with Crippen LogP contribution in [0.25, 0.3) is 11.1 Å². The van der Waals surface area contributed by atoms with Gasteiger partial charge in [0.2, 0.25) is 0 Å². The van der Waals surface area contributed by atoms with Gasteiger partial charge in [0.1, 0.15) is 0 Å². The zero-order chi connectivity index (χ0) is 16.2. The smallest absolute Gasteiger partial charge is 0.0697 e. The van der Waals surface area contributed by atoms with E-state index < -0.39 is 0 Å². The quantitative estimate of drug-likeness (QED) is 0.760. The summed E-state index contributed by atoms with van der Waals surface area (Å²) < 4.78 is 0. The fraction of sp³-hybridized carbons (Fsp3) is 0.238. The van der Waals surface area contributed by atoms with Crippen LogP contribution in [0.1, 0.15) is 16.5 Å². The molecule has 2 nitrogen and oxygen atoms in total. The van der Waals surface area contributed by atoms with Gasteiger partial charge < -0.3 is 5.32 Å². The highest BCUT2D eigenvalue weighted by atomic mass is 32.1. The molecule has 0 unspecified atom stereocenters. The lowest BCUT2D eigenvalue weighted by atomic mass is 9.97. The average molecular weight is 334 g/mol. The Morgan fingerprint density at radius 2 is 1.62 bits per heavy atom. The van der Waals surface area contributed by atoms with Crippen LogP contribution in [0.2, 0.25) is 0 Å². The first-order valence-corrected chi connectivity index (χ1v) is 9.43. The molecule has 0 bridgehead atoms. The van der Waals surface area contributed by atoms with Gasteiger partial charge in [-0.25, -0.2) is 0 Å². The minimum Gasteiger partial charge on any atom is -0.314 e. The molecule has 1 N–H and O–H groups in total. The van der Waals surface area contributed by atoms with Gasteiger partial charge in [-0.2, -0.15) is 0 Å². The first kappa shape index (κ1) is 15.6. The summed E-state index contributed by atoms with van der Waals surface area (Å²) in [6.07, 6.45) is 0. The topological polar surface area (TPSA) is 15.3 Å². The lowest BCUT2D eigenvalue weighted by Gasteiger charge is -2.35. The molecular formula is C21H22N2S. The number of benzene rings is 2. The molecule has 1 aromatic heterocycles. The second-order valence-corrected chi connectivity index (χ2v) is 7.17. The molecule has 0 aliphatic carbocycles. The van der Waals surface area contributed by atoms with Crippen molar-refractivity contribution in [3.63, 3.8) is 0 Å². The molecule has 0 radical (unpaired) electrons. The van der Waals surface area contributed by atoms with Crippen LogP contribution >= 0.6 is 11.3 Å². The van der Waals surface area contributed by atoms with E-state index in [9.17, 15) is 0 Å². The zero-order valence-corrected chi connectivity index (χ0v) is 14.5. The molecule has 1 aliphatic rings. The predicted octanol–water partition coefficient (Wildman–Crippen LogP) is 4.41. The third kappa shape index (κ3) is 3.29. The zero-order valence-electron chi connectivity index (χ0n) is 13.7. The maximum absolute atomic E-state index is 3.47. The van der Waals surface area contributed by atoms with Gasteiger partial charge in [-0.15, -0.1) is 11.3 Å². The first-order valence-electron chi connectivity index (χ1n) is 8.55. The summed E-state index contributed by atoms with van der Waals surface area (Å²) in [5.41, 5.74) is 3.97. The van der Waals surface area contributed by atoms with E-state index >= 15 is 0 Å². The number of rotatable bonds is 4. The highest BCUT2D eigenvalue weighted by molar-refractivity contribution is 7.10. The van der Waals surface area contributed by atoms with Gasteiger partial charge in [0.05, 0.1) is 6.04 Å². The van der Waals surface area contributed by atoms with Crippen molar-refractivity contribution in [3.05, 3.63) is 82.6 Å². The van der Waals surface area contributed by atoms with E-state index in [1.807, 2.05) is 11.3 Å². The number of nitrogens with one attached hydrogen (secondary N) is 1. The third-order valence-corrected chi connectivity index (χ3v) is 5.56. The van der Waals surface area contributed by atoms with Crippen LogP contribution in [0.15, 0.2) is 72.1 Å². The second-order valence-electron chi connectivity index (χ2n) is 6.20. The number of piperazine rings is 1. The van der Waals surface area contributed by atoms with Crippen LogP contribution in [0.3, 0.4) is 0 Å². The van der Waals surface area contributed by atoms with Crippen molar-refractivity contribution in [1.29, 1.82) is 0 Å². The van der Waals surface area contributed by atoms with Crippen molar-refractivity contribution in [2.75, 3.05) is 26.2 Å². The maximum atomic E-state index is 3.47. The SMILES string of the molecule is c1ccc(-c2cccc([C@H](c3cccs3)N3CCNCC3)c2)cc1. The molecule has 0 saturated carbocycles. The third-order valence-electron chi connectivity index (χ3n) is 4.64. The molecular weight excluding hydrogens is 312 g/mol. The Kier molecular flexibility index (Phi) is 4.74. The van der Waals surface area contributed by atoms with Gasteiger partial charge in [0.25, 0.3) is 0 Å². The molecule has 3 aromatic rings. The minimum absolute atomic E-state index is 0.357. The molecule has 1 fully saturated rings. The summed E-state index contributed by atoms with van der Waals surface area (Å²) in [7, 11) is 0. The normalized spacial score (nSPS) is 16.8. The molecule has 0 amide bonds. The van der Waals surface area contributed by atoms with Gasteiger partial charge in [-0.05, 0) is 34.2 Å². The van der Waals surface area contributed by atoms with Gasteiger partial charge in [0, 0.05) is 31.1 Å². The Balaban J connectivity index is 1.73. The summed E-state index contributed by atoms with van der Waals surface area (Å²) in [4.78, 5) is 4.04. The monoisotopic (exact) mass is 334 g/mol. The van der Waals surface area contributed by atoms with Crippen LogP contribution in [0, 0.1) is 0 Å². The number of thiophene rings is 1. The molecule has 0 spiro atoms. The molecule has 4 rings (SSSR count). The first-order chi connectivity index (χ1) is 11.9. The van der Waals surface area contributed by atoms with Crippen molar-refractivity contribution < 1.29 is 0 Å². The summed E-state index contributed by atoms with van der Waals surface area (Å²) in [5, 5.41) is 5.65. The van der Waals surface area contributed by atoms with Crippen molar-refractivity contribution in [3.8, 4) is 11.1 Å². The molecule has 1 saturated heterocycles. The lowest BCUT2D eigenvalue weighted by molar-refractivity contribution is 0.200. The summed E-state index contributed by atoms with van der Waals surface area (Å²) in [6.45, 7) is 4.33. The standard InChI is InChI=1S/C21H22N2S/c1-2-6-17(7-3-1)18-8-4-9-19(16-18)21(20-10-5-15-24-20)23-13-11-22-12-14-23/h1-10,15-16,21-22H,11-14H2/t21-/m1/s1. The van der Waals surface area contributed by atoms with Crippen molar-refractivity contribution in [1.82, 2.24) is 10.2 Å². The fourth-order valence-corrected chi connectivity index (χ4v) is 4.35. The largest absolute Gasteiger partial charge is 0.314 e. The summed E-state index contributed by atoms with van der Waals surface area (Å²) >= 11 is 1.86. The fourth-order valence-electron chi connectivity index (χ4n) is 3.46. The molecule has 3 heteroatoms. The Hall–Kier alpha value is -1.94. The number of hydrogen-bond acceptors (Lipinski definition) is 3. The highest BCUT2D eigenvalue weighted by Gasteiger charge is 2.24. The van der Waals surface area contributed by atoms with E-state index in [1.165, 1.54) is 21.6 Å². The van der Waals surface area contributed by atoms with Crippen LogP contribution in [0.4, 0.5) is 0 Å². The van der Waals surface area contributed by atoms with Crippen molar-refractivity contribution in [2.24, 2.45) is 0 Å².